The number of carbonyl (C=O) groups excluding carboxylic acids is 2. The van der Waals surface area contributed by atoms with E-state index in [-0.39, 0.29) is 12.0 Å². The number of benzene rings is 2. The minimum absolute atomic E-state index is 0.108. The zero-order chi connectivity index (χ0) is 25.3. The molecule has 0 bridgehead atoms. The fourth-order valence-corrected chi connectivity index (χ4v) is 4.07. The molecule has 0 unspecified atom stereocenters. The van der Waals surface area contributed by atoms with Gasteiger partial charge in [0.15, 0.2) is 0 Å². The van der Waals surface area contributed by atoms with Gasteiger partial charge in [0.05, 0.1) is 5.02 Å². The molecular formula is C27H36ClN3O4. The standard InChI is InChI=1S/C27H36ClN3O4/c1-27(2,3)35-26(33)30-15-7-14-29-25(32)21-10-11-24(23(28)18-21)34-22-12-16-31(17-13-22)19-20-8-5-4-6-9-20/h4-6,8-11,18,22H,7,12-17,19H2,1-3H3,(H,29,32)(H,30,33). The topological polar surface area (TPSA) is 79.9 Å². The molecule has 0 atom stereocenters. The Morgan fingerprint density at radius 2 is 1.71 bits per heavy atom. The highest BCUT2D eigenvalue weighted by Gasteiger charge is 2.22. The van der Waals surface area contributed by atoms with Crippen LogP contribution >= 0.6 is 11.6 Å². The molecule has 2 aromatic carbocycles. The molecule has 190 valence electrons. The summed E-state index contributed by atoms with van der Waals surface area (Å²) >= 11 is 6.42. The quantitative estimate of drug-likeness (QED) is 0.471. The van der Waals surface area contributed by atoms with E-state index in [0.717, 1.165) is 32.5 Å². The Morgan fingerprint density at radius 3 is 2.37 bits per heavy atom. The van der Waals surface area contributed by atoms with E-state index in [1.54, 1.807) is 18.2 Å². The molecule has 35 heavy (non-hydrogen) atoms. The lowest BCUT2D eigenvalue weighted by molar-refractivity contribution is 0.0527. The molecule has 0 aromatic heterocycles. The molecule has 1 aliphatic heterocycles. The maximum absolute atomic E-state index is 12.4. The van der Waals surface area contributed by atoms with Crippen LogP contribution in [0.15, 0.2) is 48.5 Å². The Kier molecular flexibility index (Phi) is 9.81. The molecule has 0 saturated carbocycles. The summed E-state index contributed by atoms with van der Waals surface area (Å²) in [5.41, 5.74) is 1.26. The molecule has 1 fully saturated rings. The first-order valence-electron chi connectivity index (χ1n) is 12.2. The first-order chi connectivity index (χ1) is 16.7. The van der Waals surface area contributed by atoms with Gasteiger partial charge in [-0.3, -0.25) is 9.69 Å². The van der Waals surface area contributed by atoms with E-state index >= 15 is 0 Å². The van der Waals surface area contributed by atoms with Crippen LogP contribution < -0.4 is 15.4 Å². The maximum atomic E-state index is 12.4. The second-order valence-corrected chi connectivity index (χ2v) is 10.2. The van der Waals surface area contributed by atoms with Gasteiger partial charge in [-0.15, -0.1) is 0 Å². The van der Waals surface area contributed by atoms with E-state index in [9.17, 15) is 9.59 Å². The molecule has 2 N–H and O–H groups in total. The fourth-order valence-electron chi connectivity index (χ4n) is 3.84. The van der Waals surface area contributed by atoms with Crippen LogP contribution in [0.2, 0.25) is 5.02 Å². The van der Waals surface area contributed by atoms with Gasteiger partial charge in [0.25, 0.3) is 5.91 Å². The van der Waals surface area contributed by atoms with Gasteiger partial charge < -0.3 is 20.1 Å². The van der Waals surface area contributed by atoms with E-state index in [4.69, 9.17) is 21.1 Å². The van der Waals surface area contributed by atoms with Gasteiger partial charge in [0.2, 0.25) is 0 Å². The number of nitrogens with zero attached hydrogens (tertiary/aromatic N) is 1. The van der Waals surface area contributed by atoms with Crippen LogP contribution in [0.25, 0.3) is 0 Å². The van der Waals surface area contributed by atoms with Crippen molar-refractivity contribution in [2.75, 3.05) is 26.2 Å². The van der Waals surface area contributed by atoms with E-state index in [1.165, 1.54) is 5.56 Å². The predicted octanol–water partition coefficient (Wildman–Crippen LogP) is 5.03. The average molecular weight is 502 g/mol. The summed E-state index contributed by atoms with van der Waals surface area (Å²) in [6.07, 6.45) is 2.10. The van der Waals surface area contributed by atoms with Crippen molar-refractivity contribution >= 4 is 23.6 Å². The second-order valence-electron chi connectivity index (χ2n) is 9.76. The highest BCUT2D eigenvalue weighted by atomic mass is 35.5. The lowest BCUT2D eigenvalue weighted by Crippen LogP contribution is -2.37. The Labute approximate surface area is 213 Å². The number of piperidine rings is 1. The van der Waals surface area contributed by atoms with Crippen molar-refractivity contribution in [3.63, 3.8) is 0 Å². The van der Waals surface area contributed by atoms with Gasteiger partial charge in [-0.1, -0.05) is 41.9 Å². The lowest BCUT2D eigenvalue weighted by Gasteiger charge is -2.32. The molecule has 0 aliphatic carbocycles. The summed E-state index contributed by atoms with van der Waals surface area (Å²) in [5.74, 6) is 0.385. The number of amides is 2. The van der Waals surface area contributed by atoms with Crippen molar-refractivity contribution < 1.29 is 19.1 Å². The first kappa shape index (κ1) is 26.8. The zero-order valence-corrected chi connectivity index (χ0v) is 21.6. The average Bonchev–Trinajstić information content (AvgIpc) is 2.81. The second kappa shape index (κ2) is 12.8. The Hall–Kier alpha value is -2.77. The van der Waals surface area contributed by atoms with E-state index in [0.29, 0.717) is 35.8 Å². The van der Waals surface area contributed by atoms with Crippen LogP contribution in [0.3, 0.4) is 0 Å². The van der Waals surface area contributed by atoms with Crippen molar-refractivity contribution in [1.29, 1.82) is 0 Å². The normalized spacial score (nSPS) is 14.9. The van der Waals surface area contributed by atoms with E-state index < -0.39 is 11.7 Å². The number of halogens is 1. The van der Waals surface area contributed by atoms with Gasteiger partial charge in [-0.2, -0.15) is 0 Å². The third-order valence-electron chi connectivity index (χ3n) is 5.58. The molecule has 0 spiro atoms. The van der Waals surface area contributed by atoms with Gasteiger partial charge in [-0.25, -0.2) is 4.79 Å². The zero-order valence-electron chi connectivity index (χ0n) is 20.8. The number of carbonyl (C=O) groups is 2. The Morgan fingerprint density at radius 1 is 1.03 bits per heavy atom. The van der Waals surface area contributed by atoms with Gasteiger partial charge in [0.1, 0.15) is 17.5 Å². The number of nitrogens with one attached hydrogen (secondary N) is 2. The molecule has 3 rings (SSSR count). The number of ether oxygens (including phenoxy) is 2. The van der Waals surface area contributed by atoms with E-state index in [2.05, 4.69) is 39.8 Å². The SMILES string of the molecule is CC(C)(C)OC(=O)NCCCNC(=O)c1ccc(OC2CCN(Cc3ccccc3)CC2)c(Cl)c1. The van der Waals surface area contributed by atoms with Crippen LogP contribution in [0.5, 0.6) is 5.75 Å². The van der Waals surface area contributed by atoms with Crippen LogP contribution in [-0.4, -0.2) is 54.8 Å². The van der Waals surface area contributed by atoms with Crippen LogP contribution in [-0.2, 0) is 11.3 Å². The molecule has 7 nitrogen and oxygen atoms in total. The highest BCUT2D eigenvalue weighted by Crippen LogP contribution is 2.28. The van der Waals surface area contributed by atoms with Crippen LogP contribution in [0.4, 0.5) is 4.79 Å². The predicted molar refractivity (Wildman–Crippen MR) is 138 cm³/mol. The lowest BCUT2D eigenvalue weighted by atomic mass is 10.1. The molecule has 2 amide bonds. The van der Waals surface area contributed by atoms with Gasteiger partial charge in [-0.05, 0) is 63.8 Å². The third kappa shape index (κ3) is 9.42. The first-order valence-corrected chi connectivity index (χ1v) is 12.5. The fraction of sp³-hybridized carbons (Fsp3) is 0.481. The summed E-state index contributed by atoms with van der Waals surface area (Å²) in [4.78, 5) is 26.5. The smallest absolute Gasteiger partial charge is 0.407 e. The van der Waals surface area contributed by atoms with Crippen LogP contribution in [0, 0.1) is 0 Å². The number of rotatable bonds is 9. The molecule has 0 radical (unpaired) electrons. The number of hydrogen-bond donors (Lipinski definition) is 2. The van der Waals surface area contributed by atoms with Crippen molar-refractivity contribution in [2.24, 2.45) is 0 Å². The summed E-state index contributed by atoms with van der Waals surface area (Å²) in [6.45, 7) is 9.16. The monoisotopic (exact) mass is 501 g/mol. The molecule has 8 heteroatoms. The minimum Gasteiger partial charge on any atom is -0.489 e. The molecule has 1 aliphatic rings. The minimum atomic E-state index is -0.535. The molecule has 1 heterocycles. The van der Waals surface area contributed by atoms with Crippen molar-refractivity contribution in [2.45, 2.75) is 58.3 Å². The number of likely N-dealkylation sites (tertiary alicyclic amines) is 1. The molecule has 1 saturated heterocycles. The largest absolute Gasteiger partial charge is 0.489 e. The summed E-state index contributed by atoms with van der Waals surface area (Å²) < 4.78 is 11.3. The summed E-state index contributed by atoms with van der Waals surface area (Å²) in [7, 11) is 0. The van der Waals surface area contributed by atoms with Gasteiger partial charge in [0, 0.05) is 38.3 Å². The van der Waals surface area contributed by atoms with E-state index in [1.807, 2.05) is 26.8 Å². The summed E-state index contributed by atoms with van der Waals surface area (Å²) in [6, 6.07) is 15.6. The molecule has 2 aromatic rings. The van der Waals surface area contributed by atoms with Crippen molar-refractivity contribution in [3.8, 4) is 5.75 Å². The van der Waals surface area contributed by atoms with Crippen molar-refractivity contribution in [3.05, 3.63) is 64.7 Å². The van der Waals surface area contributed by atoms with Crippen LogP contribution in [0.1, 0.15) is 56.0 Å². The molecular weight excluding hydrogens is 466 g/mol. The number of hydrogen-bond acceptors (Lipinski definition) is 5. The van der Waals surface area contributed by atoms with Gasteiger partial charge >= 0.3 is 6.09 Å². The summed E-state index contributed by atoms with van der Waals surface area (Å²) in [5, 5.41) is 5.93. The van der Waals surface area contributed by atoms with Crippen molar-refractivity contribution in [1.82, 2.24) is 15.5 Å². The highest BCUT2D eigenvalue weighted by molar-refractivity contribution is 6.32. The number of alkyl carbamates (subject to hydrolysis) is 1. The maximum Gasteiger partial charge on any atom is 0.407 e. The third-order valence-corrected chi connectivity index (χ3v) is 5.87. The Bertz CT molecular complexity index is 970. The Balaban J connectivity index is 1.37.